The molecule has 7 heteroatoms. The summed E-state index contributed by atoms with van der Waals surface area (Å²) in [6, 6.07) is 11.9. The third-order valence-corrected chi connectivity index (χ3v) is 5.24. The van der Waals surface area contributed by atoms with Crippen LogP contribution in [0.3, 0.4) is 0 Å². The van der Waals surface area contributed by atoms with Crippen molar-refractivity contribution in [3.05, 3.63) is 87.4 Å². The maximum absolute atomic E-state index is 14.8. The molecule has 2 heterocycles. The number of benzene rings is 2. The number of hydrogen-bond donors (Lipinski definition) is 1. The highest BCUT2D eigenvalue weighted by molar-refractivity contribution is 6.35. The summed E-state index contributed by atoms with van der Waals surface area (Å²) in [7, 11) is 1.52. The number of aromatic nitrogens is 2. The maximum atomic E-state index is 14.8. The number of halogens is 3. The van der Waals surface area contributed by atoms with E-state index in [1.165, 1.54) is 13.2 Å². The molecule has 0 unspecified atom stereocenters. The average Bonchev–Trinajstić information content (AvgIpc) is 3.12. The van der Waals surface area contributed by atoms with Gasteiger partial charge in [0.2, 0.25) is 0 Å². The van der Waals surface area contributed by atoms with E-state index < -0.39 is 0 Å². The van der Waals surface area contributed by atoms with Gasteiger partial charge in [0.05, 0.1) is 7.11 Å². The molecule has 29 heavy (non-hydrogen) atoms. The van der Waals surface area contributed by atoms with E-state index in [2.05, 4.69) is 9.97 Å². The van der Waals surface area contributed by atoms with Crippen molar-refractivity contribution < 1.29 is 13.9 Å². The van der Waals surface area contributed by atoms with E-state index in [0.717, 1.165) is 22.2 Å². The maximum Gasteiger partial charge on any atom is 0.164 e. The number of nitrogens with zero attached hydrogens (tertiary/aromatic N) is 1. The highest BCUT2D eigenvalue weighted by Gasteiger charge is 2.15. The monoisotopic (exact) mass is 430 g/mol. The van der Waals surface area contributed by atoms with E-state index in [0.29, 0.717) is 33.5 Å². The van der Waals surface area contributed by atoms with Gasteiger partial charge >= 0.3 is 0 Å². The number of ether oxygens (including phenoxy) is 2. The minimum absolute atomic E-state index is 0.166. The Labute approximate surface area is 177 Å². The zero-order chi connectivity index (χ0) is 20.4. The molecule has 4 nitrogen and oxygen atoms in total. The van der Waals surface area contributed by atoms with Crippen LogP contribution in [-0.2, 0) is 13.0 Å². The fraction of sp³-hybridized carbons (Fsp3) is 0.136. The molecular formula is C22H17Cl2FN2O2. The van der Waals surface area contributed by atoms with Crippen LogP contribution in [-0.4, -0.2) is 17.1 Å². The molecule has 0 amide bonds. The fourth-order valence-corrected chi connectivity index (χ4v) is 3.61. The lowest BCUT2D eigenvalue weighted by Gasteiger charge is -2.14. The summed E-state index contributed by atoms with van der Waals surface area (Å²) in [6.45, 7) is 0.166. The number of fused-ring (bicyclic) bond motifs is 1. The van der Waals surface area contributed by atoms with Crippen molar-refractivity contribution >= 4 is 34.2 Å². The van der Waals surface area contributed by atoms with Gasteiger partial charge in [-0.3, -0.25) is 0 Å². The Hall–Kier alpha value is -2.76. The molecule has 0 radical (unpaired) electrons. The lowest BCUT2D eigenvalue weighted by atomic mass is 10.0. The lowest BCUT2D eigenvalue weighted by molar-refractivity contribution is 0.282. The molecule has 0 aliphatic heterocycles. The smallest absolute Gasteiger partial charge is 0.164 e. The van der Waals surface area contributed by atoms with E-state index >= 15 is 0 Å². The fourth-order valence-electron chi connectivity index (χ4n) is 3.14. The Morgan fingerprint density at radius 1 is 1.03 bits per heavy atom. The lowest BCUT2D eigenvalue weighted by Crippen LogP contribution is -2.01. The van der Waals surface area contributed by atoms with Crippen LogP contribution in [0.4, 0.5) is 4.39 Å². The van der Waals surface area contributed by atoms with E-state index in [1.54, 1.807) is 30.5 Å². The van der Waals surface area contributed by atoms with Gasteiger partial charge in [-0.05, 0) is 41.5 Å². The largest absolute Gasteiger partial charge is 0.493 e. The van der Waals surface area contributed by atoms with Gasteiger partial charge in [-0.1, -0.05) is 29.3 Å². The Morgan fingerprint density at radius 3 is 2.69 bits per heavy atom. The molecule has 0 saturated carbocycles. The second-order valence-electron chi connectivity index (χ2n) is 6.51. The van der Waals surface area contributed by atoms with E-state index in [1.807, 2.05) is 18.3 Å². The van der Waals surface area contributed by atoms with Gasteiger partial charge in [-0.2, -0.15) is 0 Å². The summed E-state index contributed by atoms with van der Waals surface area (Å²) >= 11 is 12.1. The minimum Gasteiger partial charge on any atom is -0.493 e. The molecule has 0 atom stereocenters. The van der Waals surface area contributed by atoms with Gasteiger partial charge in [-0.15, -0.1) is 0 Å². The van der Waals surface area contributed by atoms with Crippen LogP contribution in [0.2, 0.25) is 10.0 Å². The SMILES string of the molecule is COc1cc(Cc2c[nH]c3ncccc23)c(F)cc1OCc1ccc(Cl)cc1Cl. The Morgan fingerprint density at radius 2 is 1.90 bits per heavy atom. The molecule has 2 aromatic carbocycles. The van der Waals surface area contributed by atoms with E-state index in [-0.39, 0.29) is 12.4 Å². The van der Waals surface area contributed by atoms with Crippen molar-refractivity contribution in [2.24, 2.45) is 0 Å². The van der Waals surface area contributed by atoms with Crippen molar-refractivity contribution in [1.29, 1.82) is 0 Å². The summed E-state index contributed by atoms with van der Waals surface area (Å²) in [5, 5.41) is 1.99. The van der Waals surface area contributed by atoms with Gasteiger partial charge in [0.25, 0.3) is 0 Å². The van der Waals surface area contributed by atoms with Gasteiger partial charge in [0.1, 0.15) is 18.1 Å². The third-order valence-electron chi connectivity index (χ3n) is 4.65. The van der Waals surface area contributed by atoms with Gasteiger partial charge in [0, 0.05) is 45.9 Å². The summed E-state index contributed by atoms with van der Waals surface area (Å²) in [5.74, 6) is 0.381. The third kappa shape index (κ3) is 4.16. The first-order valence-electron chi connectivity index (χ1n) is 8.89. The number of rotatable bonds is 6. The van der Waals surface area contributed by atoms with Crippen LogP contribution in [0.25, 0.3) is 11.0 Å². The van der Waals surface area contributed by atoms with E-state index in [9.17, 15) is 4.39 Å². The highest BCUT2D eigenvalue weighted by atomic mass is 35.5. The zero-order valence-electron chi connectivity index (χ0n) is 15.5. The summed E-state index contributed by atoms with van der Waals surface area (Å²) < 4.78 is 26.0. The second kappa shape index (κ2) is 8.31. The van der Waals surface area contributed by atoms with E-state index in [4.69, 9.17) is 32.7 Å². The first-order chi connectivity index (χ1) is 14.0. The molecular weight excluding hydrogens is 414 g/mol. The Bertz CT molecular complexity index is 1180. The van der Waals surface area contributed by atoms with Crippen LogP contribution >= 0.6 is 23.2 Å². The Kier molecular flexibility index (Phi) is 5.60. The van der Waals surface area contributed by atoms with Crippen molar-refractivity contribution in [3.8, 4) is 11.5 Å². The summed E-state index contributed by atoms with van der Waals surface area (Å²) in [4.78, 5) is 7.37. The molecule has 0 aliphatic carbocycles. The normalized spacial score (nSPS) is 11.0. The number of methoxy groups -OCH3 is 1. The number of hydrogen-bond acceptors (Lipinski definition) is 3. The van der Waals surface area contributed by atoms with Crippen molar-refractivity contribution in [3.63, 3.8) is 0 Å². The van der Waals surface area contributed by atoms with Crippen LogP contribution in [0.15, 0.2) is 54.9 Å². The van der Waals surface area contributed by atoms with Crippen LogP contribution in [0.1, 0.15) is 16.7 Å². The zero-order valence-corrected chi connectivity index (χ0v) is 17.0. The molecule has 2 aromatic heterocycles. The molecule has 1 N–H and O–H groups in total. The van der Waals surface area contributed by atoms with Crippen LogP contribution in [0.5, 0.6) is 11.5 Å². The van der Waals surface area contributed by atoms with Crippen LogP contribution < -0.4 is 9.47 Å². The number of nitrogens with one attached hydrogen (secondary N) is 1. The standard InChI is InChI=1S/C22H17Cl2FN2O2/c1-28-20-8-14(7-15-11-27-22-17(15)3-2-6-26-22)19(25)10-21(20)29-12-13-4-5-16(23)9-18(13)24/h2-6,8-11H,7,12H2,1H3,(H,26,27). The molecule has 0 spiro atoms. The number of pyridine rings is 1. The highest BCUT2D eigenvalue weighted by Crippen LogP contribution is 2.33. The van der Waals surface area contributed by atoms with Crippen molar-refractivity contribution in [2.45, 2.75) is 13.0 Å². The quantitative estimate of drug-likeness (QED) is 0.396. The molecule has 0 saturated heterocycles. The van der Waals surface area contributed by atoms with Gasteiger partial charge in [0.15, 0.2) is 11.5 Å². The Balaban J connectivity index is 1.58. The summed E-state index contributed by atoms with van der Waals surface area (Å²) in [6.07, 6.45) is 3.96. The van der Waals surface area contributed by atoms with Crippen molar-refractivity contribution in [2.75, 3.05) is 7.11 Å². The second-order valence-corrected chi connectivity index (χ2v) is 7.35. The number of H-pyrrole nitrogens is 1. The average molecular weight is 431 g/mol. The predicted octanol–water partition coefficient (Wildman–Crippen LogP) is 6.19. The first-order valence-corrected chi connectivity index (χ1v) is 9.65. The van der Waals surface area contributed by atoms with Gasteiger partial charge in [-0.25, -0.2) is 9.37 Å². The molecule has 4 rings (SSSR count). The van der Waals surface area contributed by atoms with Gasteiger partial charge < -0.3 is 14.5 Å². The molecule has 4 aromatic rings. The molecule has 0 bridgehead atoms. The topological polar surface area (TPSA) is 47.1 Å². The number of aromatic amines is 1. The van der Waals surface area contributed by atoms with Crippen molar-refractivity contribution in [1.82, 2.24) is 9.97 Å². The van der Waals surface area contributed by atoms with Crippen LogP contribution in [0, 0.1) is 5.82 Å². The minimum atomic E-state index is -0.374. The summed E-state index contributed by atoms with van der Waals surface area (Å²) in [5.41, 5.74) is 2.97. The molecule has 0 aliphatic rings. The molecule has 148 valence electrons. The first kappa shape index (κ1) is 19.6. The predicted molar refractivity (Wildman–Crippen MR) is 113 cm³/mol. The molecule has 0 fully saturated rings.